The molecule has 4 rings (SSSR count). The van der Waals surface area contributed by atoms with Crippen LogP contribution in [0.5, 0.6) is 0 Å². The van der Waals surface area contributed by atoms with Crippen LogP contribution in [-0.2, 0) is 14.3 Å². The van der Waals surface area contributed by atoms with Crippen LogP contribution in [0.25, 0.3) is 0 Å². The van der Waals surface area contributed by atoms with E-state index >= 15 is 0 Å². The second kappa shape index (κ2) is 9.70. The van der Waals surface area contributed by atoms with Crippen molar-refractivity contribution in [2.75, 3.05) is 6.61 Å². The minimum Gasteiger partial charge on any atom is -0.451 e. The van der Waals surface area contributed by atoms with Crippen molar-refractivity contribution in [1.29, 1.82) is 0 Å². The molecule has 0 aromatic carbocycles. The number of aliphatic hydroxyl groups excluding tert-OH is 2. The highest BCUT2D eigenvalue weighted by Crippen LogP contribution is 2.71. The highest BCUT2D eigenvalue weighted by Gasteiger charge is 2.76. The minimum atomic E-state index is -2.10. The molecule has 0 radical (unpaired) electrons. The van der Waals surface area contributed by atoms with Gasteiger partial charge in [-0.1, -0.05) is 70.9 Å². The Labute approximate surface area is 214 Å². The average Bonchev–Trinajstić information content (AvgIpc) is 3.34. The van der Waals surface area contributed by atoms with E-state index in [0.29, 0.717) is 11.5 Å². The molecule has 8 atom stereocenters. The Hall–Kier alpha value is -2.02. The monoisotopic (exact) mass is 498 g/mol. The third-order valence-corrected chi connectivity index (χ3v) is 9.59. The lowest BCUT2D eigenvalue weighted by Gasteiger charge is -2.49. The first kappa shape index (κ1) is 27.0. The van der Waals surface area contributed by atoms with Gasteiger partial charge in [-0.3, -0.25) is 4.79 Å². The van der Waals surface area contributed by atoms with E-state index in [-0.39, 0.29) is 28.6 Å². The highest BCUT2D eigenvalue weighted by atomic mass is 16.6. The number of esters is 1. The number of rotatable bonds is 8. The summed E-state index contributed by atoms with van der Waals surface area (Å²) in [5, 5.41) is 34.0. The smallest absolute Gasteiger partial charge is 0.331 e. The van der Waals surface area contributed by atoms with Gasteiger partial charge < -0.3 is 20.1 Å². The van der Waals surface area contributed by atoms with E-state index in [1.54, 1.807) is 31.2 Å². The van der Waals surface area contributed by atoms with Gasteiger partial charge in [0.25, 0.3) is 0 Å². The standard InChI is InChI=1S/C30H42O6/c1-6-7-8-9-10-11-12-13-23(32)36-27-20(17-31)15-21-24-22(28(24,4)5)14-19(3)29(26(21)34)16-18(2)25(33)30(27,29)35/h10-13,15-16,19,21-22,24-25,27,31,33,35H,6-9,14,17H2,1-5H3/b11-10+,13-12+/t19-,21+,22+,24-,25+,27-,29+,30-/m1/s1. The summed E-state index contributed by atoms with van der Waals surface area (Å²) in [7, 11) is 0. The zero-order chi connectivity index (χ0) is 26.5. The van der Waals surface area contributed by atoms with Crippen molar-refractivity contribution in [1.82, 2.24) is 0 Å². The van der Waals surface area contributed by atoms with E-state index < -0.39 is 41.7 Å². The lowest BCUT2D eigenvalue weighted by molar-refractivity contribution is -0.202. The number of carbonyl (C=O) groups is 2. The van der Waals surface area contributed by atoms with Gasteiger partial charge in [-0.05, 0) is 60.5 Å². The third-order valence-electron chi connectivity index (χ3n) is 9.59. The number of unbranched alkanes of at least 4 members (excludes halogenated alkanes) is 3. The molecule has 0 aromatic heterocycles. The Balaban J connectivity index is 1.71. The first-order chi connectivity index (χ1) is 17.0. The Morgan fingerprint density at radius 1 is 1.25 bits per heavy atom. The SMILES string of the molecule is CCCCC/C=C/C=C/C(=O)O[C@@H]1C(CO)=C[C@@H]2C(=O)[C@]3(C=C(C)[C@H](O)[C@@]13O)[C@H](C)C[C@H]1[C@@H]2C1(C)C. The molecule has 1 spiro atoms. The first-order valence-corrected chi connectivity index (χ1v) is 13.5. The molecule has 0 aromatic rings. The van der Waals surface area contributed by atoms with E-state index in [2.05, 4.69) is 20.8 Å². The molecule has 0 heterocycles. The van der Waals surface area contributed by atoms with Crippen molar-refractivity contribution in [2.45, 2.75) is 84.5 Å². The van der Waals surface area contributed by atoms with Crippen LogP contribution in [-0.4, -0.2) is 51.5 Å². The largest absolute Gasteiger partial charge is 0.451 e. The van der Waals surface area contributed by atoms with Crippen molar-refractivity contribution in [2.24, 2.45) is 34.5 Å². The Kier molecular flexibility index (Phi) is 7.28. The fraction of sp³-hybridized carbons (Fsp3) is 0.667. The maximum absolute atomic E-state index is 14.3. The summed E-state index contributed by atoms with van der Waals surface area (Å²) in [5.41, 5.74) is -2.79. The van der Waals surface area contributed by atoms with Gasteiger partial charge >= 0.3 is 5.97 Å². The number of hydrogen-bond donors (Lipinski definition) is 3. The Morgan fingerprint density at radius 2 is 1.97 bits per heavy atom. The molecule has 0 aliphatic heterocycles. The molecule has 0 unspecified atom stereocenters. The second-order valence-electron chi connectivity index (χ2n) is 12.0. The molecular weight excluding hydrogens is 456 g/mol. The molecule has 6 nitrogen and oxygen atoms in total. The predicted molar refractivity (Wildman–Crippen MR) is 138 cm³/mol. The van der Waals surface area contributed by atoms with Crippen LogP contribution in [0, 0.1) is 34.5 Å². The molecule has 4 aliphatic rings. The second-order valence-corrected chi connectivity index (χ2v) is 12.0. The topological polar surface area (TPSA) is 104 Å². The van der Waals surface area contributed by atoms with Crippen LogP contribution in [0.2, 0.25) is 0 Å². The number of Topliss-reactive ketones (excluding diaryl/α,β-unsaturated/α-hetero) is 1. The van der Waals surface area contributed by atoms with Crippen LogP contribution >= 0.6 is 0 Å². The van der Waals surface area contributed by atoms with Crippen LogP contribution in [0.1, 0.15) is 66.7 Å². The van der Waals surface area contributed by atoms with Crippen molar-refractivity contribution >= 4 is 11.8 Å². The van der Waals surface area contributed by atoms with Crippen molar-refractivity contribution < 1.29 is 29.6 Å². The molecule has 2 saturated carbocycles. The number of hydrogen-bond acceptors (Lipinski definition) is 6. The van der Waals surface area contributed by atoms with Gasteiger partial charge in [-0.2, -0.15) is 0 Å². The van der Waals surface area contributed by atoms with Gasteiger partial charge in [0.05, 0.1) is 12.0 Å². The van der Waals surface area contributed by atoms with E-state index in [0.717, 1.165) is 32.1 Å². The number of aliphatic hydroxyl groups is 3. The van der Waals surface area contributed by atoms with Gasteiger partial charge in [0.15, 0.2) is 17.5 Å². The molecule has 2 fully saturated rings. The fourth-order valence-electron chi connectivity index (χ4n) is 7.55. The normalized spacial score (nSPS) is 40.8. The number of ketones is 1. The lowest BCUT2D eigenvalue weighted by Crippen LogP contribution is -2.66. The van der Waals surface area contributed by atoms with Gasteiger partial charge in [-0.15, -0.1) is 0 Å². The summed E-state index contributed by atoms with van der Waals surface area (Å²) >= 11 is 0. The van der Waals surface area contributed by atoms with E-state index in [4.69, 9.17) is 4.74 Å². The molecule has 0 amide bonds. The maximum atomic E-state index is 14.3. The van der Waals surface area contributed by atoms with E-state index in [1.807, 2.05) is 13.0 Å². The van der Waals surface area contributed by atoms with Crippen LogP contribution in [0.3, 0.4) is 0 Å². The van der Waals surface area contributed by atoms with E-state index in [9.17, 15) is 24.9 Å². The van der Waals surface area contributed by atoms with Crippen LogP contribution in [0.15, 0.2) is 47.6 Å². The number of fused-ring (bicyclic) bond motifs is 3. The van der Waals surface area contributed by atoms with Gasteiger partial charge in [-0.25, -0.2) is 4.79 Å². The minimum absolute atomic E-state index is 0.0376. The molecule has 198 valence electrons. The molecule has 0 saturated heterocycles. The van der Waals surface area contributed by atoms with Crippen molar-refractivity contribution in [3.8, 4) is 0 Å². The molecule has 6 heteroatoms. The number of ether oxygens (including phenoxy) is 1. The van der Waals surface area contributed by atoms with Gasteiger partial charge in [0.1, 0.15) is 6.10 Å². The summed E-state index contributed by atoms with van der Waals surface area (Å²) in [6.45, 7) is 9.62. The van der Waals surface area contributed by atoms with Crippen molar-refractivity contribution in [3.05, 3.63) is 47.6 Å². The molecule has 4 aliphatic carbocycles. The third kappa shape index (κ3) is 3.88. The summed E-state index contributed by atoms with van der Waals surface area (Å²) < 4.78 is 5.81. The maximum Gasteiger partial charge on any atom is 0.331 e. The summed E-state index contributed by atoms with van der Waals surface area (Å²) in [6.07, 6.45) is 12.4. The zero-order valence-electron chi connectivity index (χ0n) is 22.2. The summed E-state index contributed by atoms with van der Waals surface area (Å²) in [5.74, 6) is -1.27. The summed E-state index contributed by atoms with van der Waals surface area (Å²) in [6, 6.07) is 0. The van der Waals surface area contributed by atoms with Gasteiger partial charge in [0.2, 0.25) is 0 Å². The van der Waals surface area contributed by atoms with E-state index in [1.165, 1.54) is 6.08 Å². The molecule has 2 bridgehead atoms. The summed E-state index contributed by atoms with van der Waals surface area (Å²) in [4.78, 5) is 27.2. The number of carbonyl (C=O) groups excluding carboxylic acids is 2. The van der Waals surface area contributed by atoms with Crippen molar-refractivity contribution in [3.63, 3.8) is 0 Å². The Morgan fingerprint density at radius 3 is 2.64 bits per heavy atom. The predicted octanol–water partition coefficient (Wildman–Crippen LogP) is 4.06. The van der Waals surface area contributed by atoms with Crippen LogP contribution in [0.4, 0.5) is 0 Å². The molecule has 3 N–H and O–H groups in total. The Bertz CT molecular complexity index is 1020. The molecule has 36 heavy (non-hydrogen) atoms. The quantitative estimate of drug-likeness (QED) is 0.153. The van der Waals surface area contributed by atoms with Crippen LogP contribution < -0.4 is 0 Å². The lowest BCUT2D eigenvalue weighted by atomic mass is 9.59. The highest BCUT2D eigenvalue weighted by molar-refractivity contribution is 5.95. The van der Waals surface area contributed by atoms with Gasteiger partial charge in [0, 0.05) is 12.0 Å². The average molecular weight is 499 g/mol. The zero-order valence-corrected chi connectivity index (χ0v) is 22.2. The fourth-order valence-corrected chi connectivity index (χ4v) is 7.55. The molecular formula is C30H42O6. The number of allylic oxidation sites excluding steroid dienone is 4. The first-order valence-electron chi connectivity index (χ1n) is 13.5.